The third-order valence-corrected chi connectivity index (χ3v) is 4.92. The van der Waals surface area contributed by atoms with Gasteiger partial charge in [0.25, 0.3) is 0 Å². The number of hydrogen-bond donors (Lipinski definition) is 1. The summed E-state index contributed by atoms with van der Waals surface area (Å²) in [6.45, 7) is 6.68. The molecule has 120 valence electrons. The molecule has 0 heterocycles. The maximum Gasteiger partial charge on any atom is 0.397 e. The van der Waals surface area contributed by atoms with E-state index in [9.17, 15) is 18.3 Å². The highest BCUT2D eigenvalue weighted by molar-refractivity contribution is 4.90. The number of rotatable bonds is 6. The SMILES string of the molecule is CCC1(OC(O)C(C(F)(F)F)C(C)(C)CC)CCCC1. The molecule has 20 heavy (non-hydrogen) atoms. The van der Waals surface area contributed by atoms with Gasteiger partial charge in [-0.3, -0.25) is 0 Å². The van der Waals surface area contributed by atoms with Gasteiger partial charge in [0.2, 0.25) is 0 Å². The van der Waals surface area contributed by atoms with Crippen molar-refractivity contribution in [1.29, 1.82) is 0 Å². The Morgan fingerprint density at radius 2 is 1.65 bits per heavy atom. The molecule has 0 aliphatic heterocycles. The molecule has 2 unspecified atom stereocenters. The Kier molecular flexibility index (Phi) is 5.53. The predicted molar refractivity (Wildman–Crippen MR) is 72.2 cm³/mol. The Hall–Kier alpha value is -0.290. The average Bonchev–Trinajstić information content (AvgIpc) is 2.75. The van der Waals surface area contributed by atoms with E-state index in [1.807, 2.05) is 6.92 Å². The number of aliphatic hydroxyl groups excluding tert-OH is 1. The Morgan fingerprint density at radius 1 is 1.15 bits per heavy atom. The zero-order valence-corrected chi connectivity index (χ0v) is 12.9. The van der Waals surface area contributed by atoms with Crippen LogP contribution in [-0.2, 0) is 4.74 Å². The van der Waals surface area contributed by atoms with Crippen molar-refractivity contribution in [2.45, 2.75) is 84.3 Å². The van der Waals surface area contributed by atoms with Gasteiger partial charge >= 0.3 is 6.18 Å². The molecule has 1 rings (SSSR count). The van der Waals surface area contributed by atoms with Gasteiger partial charge in [0.1, 0.15) is 5.92 Å². The molecule has 0 aromatic rings. The van der Waals surface area contributed by atoms with Gasteiger partial charge in [-0.2, -0.15) is 13.2 Å². The molecule has 0 saturated heterocycles. The van der Waals surface area contributed by atoms with Gasteiger partial charge in [0.15, 0.2) is 6.29 Å². The molecule has 1 fully saturated rings. The van der Waals surface area contributed by atoms with Crippen LogP contribution >= 0.6 is 0 Å². The molecule has 0 bridgehead atoms. The van der Waals surface area contributed by atoms with Crippen LogP contribution in [0.25, 0.3) is 0 Å². The highest BCUT2D eigenvalue weighted by Gasteiger charge is 2.54. The zero-order chi connectivity index (χ0) is 15.6. The van der Waals surface area contributed by atoms with E-state index in [0.29, 0.717) is 12.8 Å². The molecule has 1 N–H and O–H groups in total. The number of hydrogen-bond acceptors (Lipinski definition) is 2. The molecule has 1 aliphatic rings. The highest BCUT2D eigenvalue weighted by Crippen LogP contribution is 2.46. The van der Waals surface area contributed by atoms with Gasteiger partial charge in [-0.1, -0.05) is 47.0 Å². The molecule has 1 aliphatic carbocycles. The summed E-state index contributed by atoms with van der Waals surface area (Å²) < 4.78 is 45.5. The summed E-state index contributed by atoms with van der Waals surface area (Å²) >= 11 is 0. The molecule has 0 spiro atoms. The second kappa shape index (κ2) is 6.22. The summed E-state index contributed by atoms with van der Waals surface area (Å²) in [7, 11) is 0. The molecule has 0 radical (unpaired) electrons. The monoisotopic (exact) mass is 296 g/mol. The van der Waals surface area contributed by atoms with E-state index in [4.69, 9.17) is 4.74 Å². The van der Waals surface area contributed by atoms with Crippen molar-refractivity contribution < 1.29 is 23.0 Å². The van der Waals surface area contributed by atoms with E-state index in [2.05, 4.69) is 0 Å². The maximum atomic E-state index is 13.3. The zero-order valence-electron chi connectivity index (χ0n) is 12.9. The summed E-state index contributed by atoms with van der Waals surface area (Å²) in [5, 5.41) is 10.1. The third-order valence-electron chi connectivity index (χ3n) is 4.92. The average molecular weight is 296 g/mol. The molecular formula is C15H27F3O2. The van der Waals surface area contributed by atoms with E-state index < -0.39 is 29.4 Å². The van der Waals surface area contributed by atoms with Crippen LogP contribution in [0.2, 0.25) is 0 Å². The van der Waals surface area contributed by atoms with Crippen LogP contribution in [0.15, 0.2) is 0 Å². The first kappa shape index (κ1) is 17.8. The largest absolute Gasteiger partial charge is 0.397 e. The van der Waals surface area contributed by atoms with E-state index in [1.54, 1.807) is 6.92 Å². The molecular weight excluding hydrogens is 269 g/mol. The fourth-order valence-corrected chi connectivity index (χ4v) is 3.11. The molecule has 5 heteroatoms. The van der Waals surface area contributed by atoms with Gasteiger partial charge in [0, 0.05) is 0 Å². The normalized spacial score (nSPS) is 22.8. The van der Waals surface area contributed by atoms with Crippen LogP contribution in [0.5, 0.6) is 0 Å². The Balaban J connectivity index is 2.92. The summed E-state index contributed by atoms with van der Waals surface area (Å²) in [6, 6.07) is 0. The van der Waals surface area contributed by atoms with Crippen LogP contribution < -0.4 is 0 Å². The van der Waals surface area contributed by atoms with Crippen LogP contribution in [0.1, 0.15) is 66.2 Å². The minimum absolute atomic E-state index is 0.330. The fourth-order valence-electron chi connectivity index (χ4n) is 3.11. The summed E-state index contributed by atoms with van der Waals surface area (Å²) in [4.78, 5) is 0. The van der Waals surface area contributed by atoms with Crippen molar-refractivity contribution in [3.63, 3.8) is 0 Å². The van der Waals surface area contributed by atoms with Gasteiger partial charge < -0.3 is 9.84 Å². The van der Waals surface area contributed by atoms with Crippen LogP contribution in [-0.4, -0.2) is 23.2 Å². The van der Waals surface area contributed by atoms with Crippen molar-refractivity contribution >= 4 is 0 Å². The second-order valence-electron chi connectivity index (χ2n) is 6.61. The number of aliphatic hydroxyl groups is 1. The molecule has 2 nitrogen and oxygen atoms in total. The van der Waals surface area contributed by atoms with E-state index in [-0.39, 0.29) is 0 Å². The lowest BCUT2D eigenvalue weighted by molar-refractivity contribution is -0.303. The lowest BCUT2D eigenvalue weighted by atomic mass is 9.75. The van der Waals surface area contributed by atoms with E-state index in [1.165, 1.54) is 13.8 Å². The fraction of sp³-hybridized carbons (Fsp3) is 1.00. The van der Waals surface area contributed by atoms with Gasteiger partial charge in [-0.05, 0) is 24.7 Å². The third kappa shape index (κ3) is 3.88. The van der Waals surface area contributed by atoms with Crippen molar-refractivity contribution in [1.82, 2.24) is 0 Å². The van der Waals surface area contributed by atoms with Crippen molar-refractivity contribution in [2.24, 2.45) is 11.3 Å². The van der Waals surface area contributed by atoms with Gasteiger partial charge in [-0.15, -0.1) is 0 Å². The molecule has 1 saturated carbocycles. The number of alkyl halides is 3. The minimum Gasteiger partial charge on any atom is -0.367 e. The van der Waals surface area contributed by atoms with E-state index >= 15 is 0 Å². The first-order chi connectivity index (χ1) is 9.08. The van der Waals surface area contributed by atoms with E-state index in [0.717, 1.165) is 25.7 Å². The Bertz CT molecular complexity index is 307. The van der Waals surface area contributed by atoms with Crippen LogP contribution in [0, 0.1) is 11.3 Å². The Labute approximate surface area is 119 Å². The highest BCUT2D eigenvalue weighted by atomic mass is 19.4. The lowest BCUT2D eigenvalue weighted by Crippen LogP contribution is -2.48. The topological polar surface area (TPSA) is 29.5 Å². The Morgan fingerprint density at radius 3 is 2.00 bits per heavy atom. The molecule has 0 aromatic carbocycles. The van der Waals surface area contributed by atoms with Crippen LogP contribution in [0.4, 0.5) is 13.2 Å². The molecule has 2 atom stereocenters. The second-order valence-corrected chi connectivity index (χ2v) is 6.61. The van der Waals surface area contributed by atoms with Crippen molar-refractivity contribution in [3.05, 3.63) is 0 Å². The standard InChI is InChI=1S/C15H27F3O2/c1-5-13(3,4)11(15(16,17)18)12(19)20-14(6-2)9-7-8-10-14/h11-12,19H,5-10H2,1-4H3. The minimum atomic E-state index is -4.47. The maximum absolute atomic E-state index is 13.3. The molecule has 0 aromatic heterocycles. The summed E-state index contributed by atoms with van der Waals surface area (Å²) in [5.74, 6) is -1.86. The van der Waals surface area contributed by atoms with Crippen molar-refractivity contribution in [3.8, 4) is 0 Å². The van der Waals surface area contributed by atoms with Crippen LogP contribution in [0.3, 0.4) is 0 Å². The first-order valence-electron chi connectivity index (χ1n) is 7.50. The summed E-state index contributed by atoms with van der Waals surface area (Å²) in [6.07, 6.45) is -1.91. The van der Waals surface area contributed by atoms with Crippen molar-refractivity contribution in [2.75, 3.05) is 0 Å². The molecule has 0 amide bonds. The summed E-state index contributed by atoms with van der Waals surface area (Å²) in [5.41, 5.74) is -1.63. The number of halogens is 3. The predicted octanol–water partition coefficient (Wildman–Crippen LogP) is 4.66. The quantitative estimate of drug-likeness (QED) is 0.722. The van der Waals surface area contributed by atoms with Gasteiger partial charge in [0.05, 0.1) is 5.60 Å². The first-order valence-corrected chi connectivity index (χ1v) is 7.50. The lowest BCUT2D eigenvalue weighted by Gasteiger charge is -2.41. The van der Waals surface area contributed by atoms with Gasteiger partial charge in [-0.25, -0.2) is 0 Å². The number of ether oxygens (including phenoxy) is 1. The smallest absolute Gasteiger partial charge is 0.367 e.